The molecule has 3 aromatic carbocycles. The van der Waals surface area contributed by atoms with Crippen molar-refractivity contribution in [3.8, 4) is 0 Å². The minimum atomic E-state index is 0.665. The molecule has 0 aliphatic carbocycles. The Morgan fingerprint density at radius 2 is 1.18 bits per heavy atom. The smallest absolute Gasteiger partial charge is 0.0461 e. The Bertz CT molecular complexity index is 788. The average molecular weight is 374 g/mol. The van der Waals surface area contributed by atoms with Crippen molar-refractivity contribution >= 4 is 17.1 Å². The first-order valence-electron chi connectivity index (χ1n) is 10.7. The van der Waals surface area contributed by atoms with Crippen molar-refractivity contribution in [1.82, 2.24) is 0 Å². The van der Waals surface area contributed by atoms with E-state index in [1.54, 1.807) is 0 Å². The van der Waals surface area contributed by atoms with Gasteiger partial charge in [0.05, 0.1) is 0 Å². The summed E-state index contributed by atoms with van der Waals surface area (Å²) in [6.45, 7) is 10.7. The first kappa shape index (κ1) is 21.8. The van der Waals surface area contributed by atoms with Gasteiger partial charge in [-0.2, -0.15) is 0 Å². The first-order valence-corrected chi connectivity index (χ1v) is 10.7. The molecule has 1 nitrogen and oxygen atoms in total. The van der Waals surface area contributed by atoms with Crippen molar-refractivity contribution in [2.24, 2.45) is 0 Å². The molecule has 0 aromatic heterocycles. The molecule has 0 N–H and O–H groups in total. The molecular weight excluding hydrogens is 338 g/mol. The van der Waals surface area contributed by atoms with E-state index in [0.717, 1.165) is 0 Å². The van der Waals surface area contributed by atoms with Crippen LogP contribution in [-0.4, -0.2) is 0 Å². The van der Waals surface area contributed by atoms with Gasteiger partial charge in [-0.25, -0.2) is 0 Å². The molecule has 148 valence electrons. The lowest BCUT2D eigenvalue weighted by Crippen LogP contribution is -2.10. The molecule has 1 heteroatoms. The Morgan fingerprint density at radius 1 is 0.679 bits per heavy atom. The van der Waals surface area contributed by atoms with Crippen LogP contribution in [0.3, 0.4) is 0 Å². The molecule has 0 aliphatic rings. The summed E-state index contributed by atoms with van der Waals surface area (Å²) < 4.78 is 0. The molecule has 1 atom stereocenters. The molecule has 0 spiro atoms. The fourth-order valence-corrected chi connectivity index (χ4v) is 3.57. The molecule has 0 radical (unpaired) electrons. The van der Waals surface area contributed by atoms with Crippen molar-refractivity contribution in [3.05, 3.63) is 90.0 Å². The van der Waals surface area contributed by atoms with Gasteiger partial charge in [0, 0.05) is 17.1 Å². The lowest BCUT2D eigenvalue weighted by atomic mass is 9.92. The van der Waals surface area contributed by atoms with Gasteiger partial charge in [-0.05, 0) is 67.6 Å². The Kier molecular flexibility index (Phi) is 8.81. The Morgan fingerprint density at radius 3 is 1.68 bits per heavy atom. The van der Waals surface area contributed by atoms with E-state index < -0.39 is 0 Å². The van der Waals surface area contributed by atoms with E-state index in [1.807, 2.05) is 13.8 Å². The molecule has 0 heterocycles. The summed E-state index contributed by atoms with van der Waals surface area (Å²) in [5.41, 5.74) is 6.31. The van der Waals surface area contributed by atoms with Crippen LogP contribution in [0.4, 0.5) is 17.1 Å². The lowest BCUT2D eigenvalue weighted by molar-refractivity contribution is 0.596. The Hall–Kier alpha value is -2.54. The van der Waals surface area contributed by atoms with Gasteiger partial charge >= 0.3 is 0 Å². The number of hydrogen-bond donors (Lipinski definition) is 0. The lowest BCUT2D eigenvalue weighted by Gasteiger charge is -2.26. The summed E-state index contributed by atoms with van der Waals surface area (Å²) in [5, 5.41) is 0. The number of benzene rings is 3. The summed E-state index contributed by atoms with van der Waals surface area (Å²) in [5.74, 6) is 0.665. The van der Waals surface area contributed by atoms with E-state index in [0.29, 0.717) is 5.92 Å². The second-order valence-corrected chi connectivity index (χ2v) is 6.99. The average Bonchev–Trinajstić information content (AvgIpc) is 2.76. The van der Waals surface area contributed by atoms with E-state index in [9.17, 15) is 0 Å². The van der Waals surface area contributed by atoms with Crippen LogP contribution in [0.2, 0.25) is 0 Å². The highest BCUT2D eigenvalue weighted by Crippen LogP contribution is 2.35. The van der Waals surface area contributed by atoms with Crippen LogP contribution in [0.15, 0.2) is 78.9 Å². The number of hydrogen-bond acceptors (Lipinski definition) is 1. The maximum Gasteiger partial charge on any atom is 0.0461 e. The second-order valence-electron chi connectivity index (χ2n) is 6.99. The molecule has 0 amide bonds. The van der Waals surface area contributed by atoms with Crippen molar-refractivity contribution in [2.45, 2.75) is 59.8 Å². The van der Waals surface area contributed by atoms with Crippen LogP contribution < -0.4 is 4.90 Å². The minimum absolute atomic E-state index is 0.665. The predicted molar refractivity (Wildman–Crippen MR) is 125 cm³/mol. The maximum absolute atomic E-state index is 2.32. The SMILES string of the molecule is CC.CCCC(CC)c1ccc(N(c2ccccc2)c2ccc(C)cc2)cc1. The normalized spacial score (nSPS) is 11.3. The number of para-hydroxylation sites is 1. The highest BCUT2D eigenvalue weighted by Gasteiger charge is 2.13. The fraction of sp³-hybridized carbons (Fsp3) is 0.333. The van der Waals surface area contributed by atoms with E-state index in [4.69, 9.17) is 0 Å². The third-order valence-corrected chi connectivity index (χ3v) is 5.06. The summed E-state index contributed by atoms with van der Waals surface area (Å²) in [7, 11) is 0. The quantitative estimate of drug-likeness (QED) is 0.400. The van der Waals surface area contributed by atoms with Gasteiger partial charge in [-0.3, -0.25) is 0 Å². The Balaban J connectivity index is 0.00000136. The van der Waals surface area contributed by atoms with E-state index in [2.05, 4.69) is 105 Å². The molecule has 1 unspecified atom stereocenters. The van der Waals surface area contributed by atoms with Gasteiger partial charge in [-0.15, -0.1) is 0 Å². The van der Waals surface area contributed by atoms with Crippen molar-refractivity contribution in [2.75, 3.05) is 4.90 Å². The predicted octanol–water partition coefficient (Wildman–Crippen LogP) is 8.78. The molecule has 3 aromatic rings. The molecule has 0 saturated heterocycles. The maximum atomic E-state index is 2.32. The highest BCUT2D eigenvalue weighted by atomic mass is 15.1. The summed E-state index contributed by atoms with van der Waals surface area (Å²) in [6.07, 6.45) is 3.70. The van der Waals surface area contributed by atoms with Crippen LogP contribution in [-0.2, 0) is 0 Å². The minimum Gasteiger partial charge on any atom is -0.311 e. The van der Waals surface area contributed by atoms with Crippen LogP contribution in [0, 0.1) is 6.92 Å². The molecular formula is C27H35N. The topological polar surface area (TPSA) is 3.24 Å². The van der Waals surface area contributed by atoms with Gasteiger partial charge < -0.3 is 4.90 Å². The van der Waals surface area contributed by atoms with Crippen molar-refractivity contribution in [1.29, 1.82) is 0 Å². The third kappa shape index (κ3) is 5.48. The highest BCUT2D eigenvalue weighted by molar-refractivity contribution is 5.76. The number of rotatable bonds is 7. The molecule has 3 rings (SSSR count). The largest absolute Gasteiger partial charge is 0.311 e. The zero-order valence-corrected chi connectivity index (χ0v) is 18.2. The third-order valence-electron chi connectivity index (χ3n) is 5.06. The van der Waals surface area contributed by atoms with Crippen LogP contribution in [0.1, 0.15) is 64.0 Å². The molecule has 0 aliphatic heterocycles. The zero-order chi connectivity index (χ0) is 20.4. The van der Waals surface area contributed by atoms with Crippen LogP contribution in [0.25, 0.3) is 0 Å². The standard InChI is InChI=1S/C25H29N.C2H6/c1-4-9-21(5-2)22-14-18-25(19-15-22)26(23-10-7-6-8-11-23)24-16-12-20(3)13-17-24;1-2/h6-8,10-19,21H,4-5,9H2,1-3H3;1-2H3. The van der Waals surface area contributed by atoms with Gasteiger partial charge in [0.1, 0.15) is 0 Å². The summed E-state index contributed by atoms with van der Waals surface area (Å²) >= 11 is 0. The van der Waals surface area contributed by atoms with E-state index in [-0.39, 0.29) is 0 Å². The van der Waals surface area contributed by atoms with Crippen LogP contribution in [0.5, 0.6) is 0 Å². The van der Waals surface area contributed by atoms with Crippen molar-refractivity contribution < 1.29 is 0 Å². The molecule has 0 bridgehead atoms. The van der Waals surface area contributed by atoms with E-state index >= 15 is 0 Å². The second kappa shape index (κ2) is 11.3. The van der Waals surface area contributed by atoms with Crippen LogP contribution >= 0.6 is 0 Å². The molecule has 0 saturated carbocycles. The number of anilines is 3. The molecule has 0 fully saturated rings. The number of aryl methyl sites for hydroxylation is 1. The monoisotopic (exact) mass is 373 g/mol. The van der Waals surface area contributed by atoms with Gasteiger partial charge in [0.25, 0.3) is 0 Å². The first-order chi connectivity index (χ1) is 13.7. The summed E-state index contributed by atoms with van der Waals surface area (Å²) in [6, 6.07) is 28.5. The fourth-order valence-electron chi connectivity index (χ4n) is 3.57. The zero-order valence-electron chi connectivity index (χ0n) is 18.2. The van der Waals surface area contributed by atoms with Crippen molar-refractivity contribution in [3.63, 3.8) is 0 Å². The Labute approximate surface area is 172 Å². The van der Waals surface area contributed by atoms with Gasteiger partial charge in [0.2, 0.25) is 0 Å². The van der Waals surface area contributed by atoms with Gasteiger partial charge in [-0.1, -0.05) is 82.1 Å². The summed E-state index contributed by atoms with van der Waals surface area (Å²) in [4.78, 5) is 2.32. The number of nitrogens with zero attached hydrogens (tertiary/aromatic N) is 1. The van der Waals surface area contributed by atoms with E-state index in [1.165, 1.54) is 47.5 Å². The molecule has 28 heavy (non-hydrogen) atoms. The van der Waals surface area contributed by atoms with Gasteiger partial charge in [0.15, 0.2) is 0 Å².